The molecule has 1 amide bonds. The Labute approximate surface area is 177 Å². The van der Waals surface area contributed by atoms with E-state index in [9.17, 15) is 9.59 Å². The summed E-state index contributed by atoms with van der Waals surface area (Å²) in [6.45, 7) is 8.24. The van der Waals surface area contributed by atoms with Gasteiger partial charge >= 0.3 is 0 Å². The summed E-state index contributed by atoms with van der Waals surface area (Å²) in [6, 6.07) is 14.1. The molecule has 0 spiro atoms. The van der Waals surface area contributed by atoms with Crippen LogP contribution in [0.1, 0.15) is 44.2 Å². The zero-order chi connectivity index (χ0) is 21.4. The number of amides is 1. The van der Waals surface area contributed by atoms with Gasteiger partial charge in [-0.3, -0.25) is 9.59 Å². The minimum atomic E-state index is -0.217. The highest BCUT2D eigenvalue weighted by Crippen LogP contribution is 2.28. The molecule has 5 heteroatoms. The molecule has 1 aromatic heterocycles. The maximum absolute atomic E-state index is 13.2. The van der Waals surface area contributed by atoms with Gasteiger partial charge in [-0.05, 0) is 64.7 Å². The Kier molecular flexibility index (Phi) is 5.46. The number of rotatable bonds is 3. The summed E-state index contributed by atoms with van der Waals surface area (Å²) in [4.78, 5) is 28.3. The number of piperidine rings is 1. The van der Waals surface area contributed by atoms with Crippen LogP contribution in [0.5, 0.6) is 0 Å². The van der Waals surface area contributed by atoms with Gasteiger partial charge in [-0.15, -0.1) is 0 Å². The summed E-state index contributed by atoms with van der Waals surface area (Å²) in [7, 11) is 0. The van der Waals surface area contributed by atoms with Crippen molar-refractivity contribution in [3.8, 4) is 11.3 Å². The van der Waals surface area contributed by atoms with E-state index in [0.717, 1.165) is 47.0 Å². The zero-order valence-corrected chi connectivity index (χ0v) is 18.2. The molecule has 4 rings (SSSR count). The van der Waals surface area contributed by atoms with E-state index in [1.807, 2.05) is 43.0 Å². The van der Waals surface area contributed by atoms with Crippen LogP contribution in [0, 0.1) is 13.8 Å². The molecule has 2 heterocycles. The first-order valence-electron chi connectivity index (χ1n) is 10.8. The molecule has 0 N–H and O–H groups in total. The number of likely N-dealkylation sites (tertiary alicyclic amines) is 1. The third kappa shape index (κ3) is 3.64. The van der Waals surface area contributed by atoms with Crippen LogP contribution in [-0.2, 0) is 11.3 Å². The molecule has 0 unspecified atom stereocenters. The standard InChI is InChI=1S/C25H29N3O2/c1-16-12-13-17(2)22(14-16)24-20-10-5-6-11-21(20)25(30)27(26-24)15-23(29)28-18(3)8-7-9-19(28)4/h5-6,10-14,18-19H,7-9,15H2,1-4H3/t18-,19-/m0/s1. The Morgan fingerprint density at radius 1 is 1.03 bits per heavy atom. The van der Waals surface area contributed by atoms with Crippen molar-refractivity contribution >= 4 is 16.7 Å². The van der Waals surface area contributed by atoms with Gasteiger partial charge in [0, 0.05) is 23.0 Å². The van der Waals surface area contributed by atoms with E-state index in [2.05, 4.69) is 32.0 Å². The number of aryl methyl sites for hydroxylation is 2. The molecule has 1 fully saturated rings. The Bertz CT molecular complexity index is 1150. The fourth-order valence-corrected chi connectivity index (χ4v) is 4.65. The van der Waals surface area contributed by atoms with Crippen LogP contribution in [0.25, 0.3) is 22.0 Å². The summed E-state index contributed by atoms with van der Waals surface area (Å²) >= 11 is 0. The van der Waals surface area contributed by atoms with Crippen molar-refractivity contribution in [1.29, 1.82) is 0 Å². The Morgan fingerprint density at radius 3 is 2.40 bits per heavy atom. The number of benzene rings is 2. The summed E-state index contributed by atoms with van der Waals surface area (Å²) in [6.07, 6.45) is 3.14. The van der Waals surface area contributed by atoms with Crippen LogP contribution in [0.4, 0.5) is 0 Å². The highest BCUT2D eigenvalue weighted by atomic mass is 16.2. The predicted octanol–water partition coefficient (Wildman–Crippen LogP) is 4.47. The number of fused-ring (bicyclic) bond motifs is 1. The fourth-order valence-electron chi connectivity index (χ4n) is 4.65. The van der Waals surface area contributed by atoms with Gasteiger partial charge in [0.15, 0.2) is 0 Å². The topological polar surface area (TPSA) is 55.2 Å². The molecule has 3 aromatic rings. The predicted molar refractivity (Wildman–Crippen MR) is 121 cm³/mol. The smallest absolute Gasteiger partial charge is 0.275 e. The molecule has 30 heavy (non-hydrogen) atoms. The third-order valence-electron chi connectivity index (χ3n) is 6.28. The molecule has 0 bridgehead atoms. The quantitative estimate of drug-likeness (QED) is 0.648. The second kappa shape index (κ2) is 8.05. The SMILES string of the molecule is Cc1ccc(C)c(-c2nn(CC(=O)N3[C@@H](C)CCC[C@@H]3C)c(=O)c3ccccc23)c1. The number of hydrogen-bond acceptors (Lipinski definition) is 3. The van der Waals surface area contributed by atoms with Crippen molar-refractivity contribution in [2.24, 2.45) is 0 Å². The lowest BCUT2D eigenvalue weighted by atomic mass is 9.97. The van der Waals surface area contributed by atoms with Crippen molar-refractivity contribution in [2.75, 3.05) is 0 Å². The van der Waals surface area contributed by atoms with Crippen molar-refractivity contribution in [3.05, 3.63) is 63.9 Å². The van der Waals surface area contributed by atoms with Gasteiger partial charge in [0.1, 0.15) is 6.54 Å². The second-order valence-electron chi connectivity index (χ2n) is 8.61. The number of aromatic nitrogens is 2. The minimum Gasteiger partial charge on any atom is -0.336 e. The summed E-state index contributed by atoms with van der Waals surface area (Å²) in [5.41, 5.74) is 3.75. The van der Waals surface area contributed by atoms with Crippen molar-refractivity contribution in [3.63, 3.8) is 0 Å². The first-order chi connectivity index (χ1) is 14.4. The first kappa shape index (κ1) is 20.3. The third-order valence-corrected chi connectivity index (χ3v) is 6.28. The van der Waals surface area contributed by atoms with E-state index in [1.165, 1.54) is 4.68 Å². The van der Waals surface area contributed by atoms with Crippen LogP contribution in [0.3, 0.4) is 0 Å². The molecule has 2 aromatic carbocycles. The second-order valence-corrected chi connectivity index (χ2v) is 8.61. The molecule has 5 nitrogen and oxygen atoms in total. The lowest BCUT2D eigenvalue weighted by Crippen LogP contribution is -2.49. The van der Waals surface area contributed by atoms with E-state index in [-0.39, 0.29) is 30.1 Å². The largest absolute Gasteiger partial charge is 0.336 e. The molecular weight excluding hydrogens is 374 g/mol. The highest BCUT2D eigenvalue weighted by Gasteiger charge is 2.29. The Morgan fingerprint density at radius 2 is 1.70 bits per heavy atom. The number of hydrogen-bond donors (Lipinski definition) is 0. The van der Waals surface area contributed by atoms with Crippen LogP contribution in [0.2, 0.25) is 0 Å². The number of carbonyl (C=O) groups excluding carboxylic acids is 1. The van der Waals surface area contributed by atoms with Gasteiger partial charge in [0.05, 0.1) is 11.1 Å². The Hall–Kier alpha value is -2.95. The van der Waals surface area contributed by atoms with Gasteiger partial charge < -0.3 is 4.90 Å². The molecule has 0 aliphatic carbocycles. The molecule has 1 aliphatic heterocycles. The van der Waals surface area contributed by atoms with Gasteiger partial charge in [-0.2, -0.15) is 5.10 Å². The van der Waals surface area contributed by atoms with E-state index in [1.54, 1.807) is 0 Å². The highest BCUT2D eigenvalue weighted by molar-refractivity contribution is 5.94. The van der Waals surface area contributed by atoms with Crippen LogP contribution < -0.4 is 5.56 Å². The van der Waals surface area contributed by atoms with E-state index >= 15 is 0 Å². The van der Waals surface area contributed by atoms with E-state index in [0.29, 0.717) is 5.39 Å². The first-order valence-corrected chi connectivity index (χ1v) is 10.8. The van der Waals surface area contributed by atoms with E-state index in [4.69, 9.17) is 5.10 Å². The molecule has 0 saturated carbocycles. The molecule has 2 atom stereocenters. The van der Waals surface area contributed by atoms with Gasteiger partial charge in [-0.1, -0.05) is 35.9 Å². The van der Waals surface area contributed by atoms with Crippen molar-refractivity contribution < 1.29 is 4.79 Å². The summed E-state index contributed by atoms with van der Waals surface area (Å²) in [5, 5.41) is 6.13. The lowest BCUT2D eigenvalue weighted by molar-refractivity contribution is -0.138. The molecule has 1 saturated heterocycles. The average molecular weight is 404 g/mol. The maximum atomic E-state index is 13.2. The number of carbonyl (C=O) groups is 1. The minimum absolute atomic E-state index is 0.0315. The monoisotopic (exact) mass is 403 g/mol. The average Bonchev–Trinajstić information content (AvgIpc) is 2.72. The fraction of sp³-hybridized carbons (Fsp3) is 0.400. The molecule has 156 valence electrons. The molecular formula is C25H29N3O2. The van der Waals surface area contributed by atoms with Crippen molar-refractivity contribution in [1.82, 2.24) is 14.7 Å². The summed E-state index contributed by atoms with van der Waals surface area (Å²) < 4.78 is 1.36. The van der Waals surface area contributed by atoms with E-state index < -0.39 is 0 Å². The zero-order valence-electron chi connectivity index (χ0n) is 18.2. The lowest BCUT2D eigenvalue weighted by Gasteiger charge is -2.39. The maximum Gasteiger partial charge on any atom is 0.275 e. The molecule has 1 aliphatic rings. The van der Waals surface area contributed by atoms with Crippen molar-refractivity contribution in [2.45, 2.75) is 65.6 Å². The normalized spacial score (nSPS) is 19.3. The van der Waals surface area contributed by atoms with Crippen LogP contribution in [-0.4, -0.2) is 32.7 Å². The molecule has 0 radical (unpaired) electrons. The van der Waals surface area contributed by atoms with Gasteiger partial charge in [-0.25, -0.2) is 4.68 Å². The van der Waals surface area contributed by atoms with Gasteiger partial charge in [0.25, 0.3) is 5.56 Å². The summed E-state index contributed by atoms with van der Waals surface area (Å²) in [5.74, 6) is -0.0357. The van der Waals surface area contributed by atoms with Gasteiger partial charge in [0.2, 0.25) is 5.91 Å². The van der Waals surface area contributed by atoms with Crippen LogP contribution in [0.15, 0.2) is 47.3 Å². The number of nitrogens with zero attached hydrogens (tertiary/aromatic N) is 3. The van der Waals surface area contributed by atoms with Crippen LogP contribution >= 0.6 is 0 Å². The Balaban J connectivity index is 1.83.